The molecule has 2 aromatic rings. The van der Waals surface area contributed by atoms with Gasteiger partial charge in [0.2, 0.25) is 6.39 Å². The van der Waals surface area contributed by atoms with E-state index in [2.05, 4.69) is 31.1 Å². The van der Waals surface area contributed by atoms with Gasteiger partial charge in [-0.15, -0.1) is 0 Å². The average Bonchev–Trinajstić information content (AvgIpc) is 3.01. The molecule has 3 rings (SSSR count). The van der Waals surface area contributed by atoms with Crippen LogP contribution in [0.3, 0.4) is 0 Å². The third-order valence-corrected chi connectivity index (χ3v) is 4.04. The van der Waals surface area contributed by atoms with E-state index in [9.17, 15) is 4.79 Å². The van der Waals surface area contributed by atoms with Crippen LogP contribution in [0.5, 0.6) is 0 Å². The highest BCUT2D eigenvalue weighted by molar-refractivity contribution is 9.10. The van der Waals surface area contributed by atoms with Gasteiger partial charge in [-0.3, -0.25) is 4.79 Å². The summed E-state index contributed by atoms with van der Waals surface area (Å²) in [5.41, 5.74) is 0.419. The van der Waals surface area contributed by atoms with Gasteiger partial charge in [-0.05, 0) is 47.3 Å². The second-order valence-electron chi connectivity index (χ2n) is 4.63. The van der Waals surface area contributed by atoms with Crippen molar-refractivity contribution < 1.29 is 9.32 Å². The lowest BCUT2D eigenvalue weighted by atomic mass is 10.0. The van der Waals surface area contributed by atoms with E-state index in [0.29, 0.717) is 22.5 Å². The molecule has 1 aliphatic rings. The van der Waals surface area contributed by atoms with Crippen molar-refractivity contribution in [3.8, 4) is 0 Å². The minimum absolute atomic E-state index is 0.105. The maximum atomic E-state index is 12.7. The van der Waals surface area contributed by atoms with Crippen LogP contribution in [-0.4, -0.2) is 32.5 Å². The number of rotatable bonds is 2. The molecule has 0 bridgehead atoms. The van der Waals surface area contributed by atoms with Gasteiger partial charge in [-0.2, -0.15) is 4.98 Å². The number of piperidine rings is 1. The molecule has 0 radical (unpaired) electrons. The molecule has 0 aliphatic carbocycles. The fraction of sp³-hybridized carbons (Fsp3) is 0.385. The zero-order valence-electron chi connectivity index (χ0n) is 10.7. The summed E-state index contributed by atoms with van der Waals surface area (Å²) in [6, 6.07) is 3.46. The second kappa shape index (κ2) is 5.70. The maximum Gasteiger partial charge on any atom is 0.274 e. The van der Waals surface area contributed by atoms with Crippen molar-refractivity contribution in [1.82, 2.24) is 20.0 Å². The first kappa shape index (κ1) is 13.2. The van der Waals surface area contributed by atoms with Crippen LogP contribution in [0.4, 0.5) is 0 Å². The molecule has 104 valence electrons. The summed E-state index contributed by atoms with van der Waals surface area (Å²) >= 11 is 3.37. The Hall–Kier alpha value is -1.76. The molecule has 6 nitrogen and oxygen atoms in total. The minimum atomic E-state index is -0.135. The Morgan fingerprint density at radius 2 is 2.30 bits per heavy atom. The normalized spacial score (nSPS) is 19.1. The van der Waals surface area contributed by atoms with E-state index in [1.165, 1.54) is 6.39 Å². The molecular weight excluding hydrogens is 324 g/mol. The summed E-state index contributed by atoms with van der Waals surface area (Å²) in [6.45, 7) is 0.682. The van der Waals surface area contributed by atoms with Crippen LogP contribution in [0.25, 0.3) is 0 Å². The fourth-order valence-electron chi connectivity index (χ4n) is 2.45. The van der Waals surface area contributed by atoms with E-state index in [4.69, 9.17) is 4.52 Å². The molecular formula is C13H13BrN4O2. The average molecular weight is 337 g/mol. The number of halogens is 1. The van der Waals surface area contributed by atoms with Crippen LogP contribution in [0.1, 0.15) is 41.6 Å². The molecule has 0 spiro atoms. The molecule has 1 amide bonds. The van der Waals surface area contributed by atoms with Crippen LogP contribution < -0.4 is 0 Å². The summed E-state index contributed by atoms with van der Waals surface area (Å²) in [5, 5.41) is 3.88. The summed E-state index contributed by atoms with van der Waals surface area (Å²) in [5.74, 6) is 0.456. The second-order valence-corrected chi connectivity index (χ2v) is 5.49. The Kier molecular flexibility index (Phi) is 3.77. The van der Waals surface area contributed by atoms with Gasteiger partial charge in [0.25, 0.3) is 5.91 Å². The lowest BCUT2D eigenvalue weighted by Crippen LogP contribution is -2.39. The zero-order chi connectivity index (χ0) is 13.9. The predicted molar refractivity (Wildman–Crippen MR) is 73.9 cm³/mol. The molecule has 1 aliphatic heterocycles. The molecule has 1 saturated heterocycles. The minimum Gasteiger partial charge on any atom is -0.343 e. The topological polar surface area (TPSA) is 72.1 Å². The predicted octanol–water partition coefficient (Wildman–Crippen LogP) is 2.59. The first-order valence-electron chi connectivity index (χ1n) is 6.45. The number of amides is 1. The lowest BCUT2D eigenvalue weighted by molar-refractivity contribution is 0.0589. The Balaban J connectivity index is 1.90. The van der Waals surface area contributed by atoms with E-state index in [1.807, 2.05) is 6.07 Å². The molecule has 1 atom stereocenters. The van der Waals surface area contributed by atoms with Gasteiger partial charge in [0.05, 0.1) is 6.04 Å². The van der Waals surface area contributed by atoms with E-state index in [1.54, 1.807) is 17.2 Å². The van der Waals surface area contributed by atoms with E-state index >= 15 is 0 Å². The number of pyridine rings is 1. The maximum absolute atomic E-state index is 12.7. The summed E-state index contributed by atoms with van der Waals surface area (Å²) in [7, 11) is 0. The van der Waals surface area contributed by atoms with Gasteiger partial charge in [-0.1, -0.05) is 5.16 Å². The number of carbonyl (C=O) groups is 1. The highest BCUT2D eigenvalue weighted by Gasteiger charge is 2.32. The first-order chi connectivity index (χ1) is 9.77. The Morgan fingerprint density at radius 3 is 3.05 bits per heavy atom. The molecule has 20 heavy (non-hydrogen) atoms. The van der Waals surface area contributed by atoms with Crippen LogP contribution in [-0.2, 0) is 0 Å². The molecule has 0 unspecified atom stereocenters. The van der Waals surface area contributed by atoms with E-state index < -0.39 is 0 Å². The Morgan fingerprint density at radius 1 is 1.40 bits per heavy atom. The fourth-order valence-corrected chi connectivity index (χ4v) is 2.87. The monoisotopic (exact) mass is 336 g/mol. The Labute approximate surface area is 124 Å². The third kappa shape index (κ3) is 2.45. The van der Waals surface area contributed by atoms with Crippen molar-refractivity contribution >= 4 is 21.8 Å². The molecule has 1 fully saturated rings. The number of aromatic nitrogens is 3. The third-order valence-electron chi connectivity index (χ3n) is 3.40. The standard InChI is InChI=1S/C13H13BrN4O2/c14-9-4-3-6-15-11(9)13(19)18-7-2-1-5-10(18)12-16-8-20-17-12/h3-4,6,8,10H,1-2,5,7H2/t10-/m1/s1. The first-order valence-corrected chi connectivity index (χ1v) is 7.24. The van der Waals surface area contributed by atoms with Crippen molar-refractivity contribution in [2.45, 2.75) is 25.3 Å². The molecule has 2 aromatic heterocycles. The zero-order valence-corrected chi connectivity index (χ0v) is 12.3. The highest BCUT2D eigenvalue weighted by atomic mass is 79.9. The van der Waals surface area contributed by atoms with Crippen LogP contribution in [0.15, 0.2) is 33.7 Å². The molecule has 0 aromatic carbocycles. The molecule has 0 saturated carbocycles. The highest BCUT2D eigenvalue weighted by Crippen LogP contribution is 2.30. The number of carbonyl (C=O) groups excluding carboxylic acids is 1. The van der Waals surface area contributed by atoms with Crippen molar-refractivity contribution in [1.29, 1.82) is 0 Å². The number of hydrogen-bond donors (Lipinski definition) is 0. The van der Waals surface area contributed by atoms with Crippen molar-refractivity contribution in [2.75, 3.05) is 6.54 Å². The van der Waals surface area contributed by atoms with Gasteiger partial charge in [0, 0.05) is 17.2 Å². The summed E-state index contributed by atoms with van der Waals surface area (Å²) in [6.07, 6.45) is 5.78. The van der Waals surface area contributed by atoms with Gasteiger partial charge >= 0.3 is 0 Å². The largest absolute Gasteiger partial charge is 0.343 e. The van der Waals surface area contributed by atoms with E-state index in [0.717, 1.165) is 19.3 Å². The summed E-state index contributed by atoms with van der Waals surface area (Å²) in [4.78, 5) is 22.7. The van der Waals surface area contributed by atoms with Crippen LogP contribution in [0, 0.1) is 0 Å². The van der Waals surface area contributed by atoms with Crippen LogP contribution in [0.2, 0.25) is 0 Å². The molecule has 3 heterocycles. The Bertz CT molecular complexity index is 602. The SMILES string of the molecule is O=C(c1ncccc1Br)N1CCCC[C@@H]1c1ncon1. The van der Waals surface area contributed by atoms with Gasteiger partial charge in [-0.25, -0.2) is 4.98 Å². The molecule has 0 N–H and O–H groups in total. The number of hydrogen-bond acceptors (Lipinski definition) is 5. The van der Waals surface area contributed by atoms with E-state index in [-0.39, 0.29) is 11.9 Å². The summed E-state index contributed by atoms with van der Waals surface area (Å²) < 4.78 is 5.50. The van der Waals surface area contributed by atoms with Gasteiger partial charge in [0.15, 0.2) is 5.82 Å². The van der Waals surface area contributed by atoms with Gasteiger partial charge < -0.3 is 9.42 Å². The van der Waals surface area contributed by atoms with Gasteiger partial charge in [0.1, 0.15) is 5.69 Å². The van der Waals surface area contributed by atoms with Crippen molar-refractivity contribution in [3.63, 3.8) is 0 Å². The van der Waals surface area contributed by atoms with Crippen molar-refractivity contribution in [3.05, 3.63) is 40.7 Å². The number of likely N-dealkylation sites (tertiary alicyclic amines) is 1. The van der Waals surface area contributed by atoms with Crippen LogP contribution >= 0.6 is 15.9 Å². The molecule has 7 heteroatoms. The quantitative estimate of drug-likeness (QED) is 0.842. The smallest absolute Gasteiger partial charge is 0.274 e. The van der Waals surface area contributed by atoms with Crippen molar-refractivity contribution in [2.24, 2.45) is 0 Å². The lowest BCUT2D eigenvalue weighted by Gasteiger charge is -2.33. The number of nitrogens with zero attached hydrogens (tertiary/aromatic N) is 4.